The predicted octanol–water partition coefficient (Wildman–Crippen LogP) is 6.52. The first-order valence-corrected chi connectivity index (χ1v) is 23.3. The number of hydroxylamine groups is 2. The molecule has 3 heterocycles. The van der Waals surface area contributed by atoms with E-state index < -0.39 is 44.0 Å². The van der Waals surface area contributed by atoms with E-state index in [2.05, 4.69) is 34.2 Å². The Morgan fingerprint density at radius 2 is 1.69 bits per heavy atom. The number of nitrogens with one attached hydrogen (secondary N) is 2. The van der Waals surface area contributed by atoms with Crippen LogP contribution < -0.4 is 29.8 Å². The number of carboxylic acid groups (broad SMARTS) is 1. The van der Waals surface area contributed by atoms with Crippen molar-refractivity contribution in [3.8, 4) is 17.2 Å². The lowest BCUT2D eigenvalue weighted by Gasteiger charge is -2.43. The number of aliphatic carboxylic acids is 1. The maximum absolute atomic E-state index is 14.3. The predicted molar refractivity (Wildman–Crippen MR) is 238 cm³/mol. The number of ether oxygens (including phenoxy) is 4. The van der Waals surface area contributed by atoms with Crippen molar-refractivity contribution < 1.29 is 62.0 Å². The molecule has 1 atom stereocenters. The Morgan fingerprint density at radius 3 is 2.30 bits per heavy atom. The number of hydrogen-bond donors (Lipinski definition) is 5. The fourth-order valence-corrected chi connectivity index (χ4v) is 8.65. The molecule has 2 aliphatic heterocycles. The molecule has 0 bridgehead atoms. The molecular formula is C40H51ClFN6O13PS2. The molecule has 0 saturated carbocycles. The van der Waals surface area contributed by atoms with Crippen LogP contribution in [0.3, 0.4) is 0 Å². The van der Waals surface area contributed by atoms with Crippen molar-refractivity contribution in [1.82, 2.24) is 19.7 Å². The summed E-state index contributed by atoms with van der Waals surface area (Å²) in [5.41, 5.74) is 1.77. The zero-order valence-electron chi connectivity index (χ0n) is 36.1. The summed E-state index contributed by atoms with van der Waals surface area (Å²) in [7, 11) is 1.81. The first-order valence-electron chi connectivity index (χ1n) is 19.3. The Balaban J connectivity index is 0.000000234. The minimum Gasteiger partial charge on any atom is -0.480 e. The molecule has 24 heteroatoms. The van der Waals surface area contributed by atoms with Crippen LogP contribution in [0.4, 0.5) is 20.6 Å². The quantitative estimate of drug-likeness (QED) is 0.0415. The number of carboxylic acids is 1. The number of rotatable bonds is 13. The molecule has 350 valence electrons. The average molecular weight is 973 g/mol. The average Bonchev–Trinajstić information content (AvgIpc) is 3.55. The number of amides is 2. The van der Waals surface area contributed by atoms with E-state index in [9.17, 15) is 28.1 Å². The normalized spacial score (nSPS) is 16.3. The Morgan fingerprint density at radius 1 is 1.03 bits per heavy atom. The number of aromatic nitrogens is 2. The van der Waals surface area contributed by atoms with Gasteiger partial charge in [-0.25, -0.2) is 23.9 Å². The van der Waals surface area contributed by atoms with Crippen molar-refractivity contribution in [3.05, 3.63) is 85.5 Å². The highest BCUT2D eigenvalue weighted by molar-refractivity contribution is 8.00. The van der Waals surface area contributed by atoms with E-state index in [1.807, 2.05) is 25.1 Å². The fraction of sp³-hybridized carbons (Fsp3) is 0.425. The highest BCUT2D eigenvalue weighted by atomic mass is 35.5. The zero-order valence-corrected chi connectivity index (χ0v) is 39.4. The molecule has 6 rings (SSSR count). The second kappa shape index (κ2) is 22.9. The zero-order chi connectivity index (χ0) is 47.4. The van der Waals surface area contributed by atoms with Crippen molar-refractivity contribution in [2.45, 2.75) is 69.2 Å². The first kappa shape index (κ1) is 51.9. The number of methoxy groups -OCH3 is 2. The second-order valence-corrected chi connectivity index (χ2v) is 18.8. The molecule has 0 aliphatic carbocycles. The Labute approximate surface area is 381 Å². The summed E-state index contributed by atoms with van der Waals surface area (Å²) < 4.78 is 50.0. The van der Waals surface area contributed by atoms with Gasteiger partial charge in [0.1, 0.15) is 28.8 Å². The van der Waals surface area contributed by atoms with Crippen LogP contribution in [0.5, 0.6) is 17.2 Å². The van der Waals surface area contributed by atoms with Crippen LogP contribution >= 0.6 is 42.3 Å². The minimum atomic E-state index is -4.10. The van der Waals surface area contributed by atoms with Gasteiger partial charge in [0.15, 0.2) is 0 Å². The molecule has 1 aromatic heterocycles. The minimum absolute atomic E-state index is 0.0605. The number of carbonyl (C=O) groups is 3. The number of nitrogens with zero attached hydrogens (tertiary/aromatic N) is 4. The van der Waals surface area contributed by atoms with Gasteiger partial charge in [0.05, 0.1) is 37.8 Å². The summed E-state index contributed by atoms with van der Waals surface area (Å²) in [6.07, 6.45) is 2.06. The van der Waals surface area contributed by atoms with Gasteiger partial charge in [-0.3, -0.25) is 33.8 Å². The SMILES string of the molecule is COC(=O)CSc1cc(/N=c2\sc(=O)n3n2CCCC3)c(F)cc1Cl.CON(C)C(=O)Nc1ccc(Oc2ccc3c(c2)OC(C)(OC)CC3(C)C)cc1.O=C(O)CNCP(=O)(O)O. The highest BCUT2D eigenvalue weighted by Gasteiger charge is 2.42. The lowest BCUT2D eigenvalue weighted by Crippen LogP contribution is -2.45. The molecule has 1 unspecified atom stereocenters. The highest BCUT2D eigenvalue weighted by Crippen LogP contribution is 2.46. The smallest absolute Gasteiger partial charge is 0.345 e. The number of anilines is 1. The van der Waals surface area contributed by atoms with Crippen molar-refractivity contribution >= 4 is 71.6 Å². The third-order valence-electron chi connectivity index (χ3n) is 9.38. The number of carbonyl (C=O) groups excluding carboxylic acids is 2. The molecule has 3 aromatic carbocycles. The molecule has 2 aliphatic rings. The monoisotopic (exact) mass is 972 g/mol. The second-order valence-electron chi connectivity index (χ2n) is 14.9. The van der Waals surface area contributed by atoms with E-state index in [1.54, 1.807) is 40.7 Å². The summed E-state index contributed by atoms with van der Waals surface area (Å²) in [5, 5.41) is 14.1. The summed E-state index contributed by atoms with van der Waals surface area (Å²) >= 11 is 8.17. The van der Waals surface area contributed by atoms with Crippen LogP contribution in [-0.2, 0) is 47.0 Å². The summed E-state index contributed by atoms with van der Waals surface area (Å²) in [4.78, 5) is 71.3. The van der Waals surface area contributed by atoms with E-state index in [0.717, 1.165) is 64.8 Å². The summed E-state index contributed by atoms with van der Waals surface area (Å²) in [6.45, 7) is 7.19. The molecule has 2 amide bonds. The van der Waals surface area contributed by atoms with Crippen LogP contribution in [0, 0.1) is 5.82 Å². The topological polar surface area (TPSA) is 242 Å². The number of halogens is 2. The van der Waals surface area contributed by atoms with E-state index in [0.29, 0.717) is 40.0 Å². The molecule has 4 aromatic rings. The van der Waals surface area contributed by atoms with Crippen molar-refractivity contribution in [3.63, 3.8) is 0 Å². The van der Waals surface area contributed by atoms with Crippen LogP contribution in [0.15, 0.2) is 69.3 Å². The molecular weight excluding hydrogens is 922 g/mol. The third-order valence-corrected chi connectivity index (χ3v) is 12.3. The molecule has 0 fully saturated rings. The van der Waals surface area contributed by atoms with Gasteiger partial charge in [0, 0.05) is 62.8 Å². The number of hydrogen-bond acceptors (Lipinski definition) is 14. The van der Waals surface area contributed by atoms with Crippen LogP contribution in [0.25, 0.3) is 0 Å². The Hall–Kier alpha value is -4.77. The largest absolute Gasteiger partial charge is 0.480 e. The van der Waals surface area contributed by atoms with Crippen LogP contribution in [0.2, 0.25) is 5.02 Å². The molecule has 64 heavy (non-hydrogen) atoms. The molecule has 0 spiro atoms. The van der Waals surface area contributed by atoms with Gasteiger partial charge >= 0.3 is 30.4 Å². The van der Waals surface area contributed by atoms with E-state index in [-0.39, 0.29) is 32.8 Å². The standard InChI is InChI=1S/C22H28N2O5.C15H15ClFN3O3S2.C3H8NO5P/c1-21(2)14-22(3,26-5)29-19-13-17(11-12-18(19)21)28-16-9-7-15(8-10-16)23-20(25)24(4)27-6;1-23-13(21)8-24-12-7-11(10(17)6-9(12)16)18-14-19-4-2-3-5-20(19)15(22)25-14;5-3(6)1-4-2-10(7,8)9/h7-13H,14H2,1-6H3,(H,23,25);6-7H,2-5,8H2,1H3;4H,1-2H2,(H,5,6)(H2,7,8,9)/b;18-14-;. The van der Waals surface area contributed by atoms with Gasteiger partial charge in [-0.05, 0) is 72.1 Å². The molecule has 0 radical (unpaired) electrons. The van der Waals surface area contributed by atoms with Crippen molar-refractivity contribution in [2.24, 2.45) is 4.99 Å². The van der Waals surface area contributed by atoms with Crippen LogP contribution in [0.1, 0.15) is 45.6 Å². The Kier molecular flexibility index (Phi) is 18.6. The Bertz CT molecular complexity index is 2460. The maximum atomic E-state index is 14.3. The lowest BCUT2D eigenvalue weighted by atomic mass is 9.76. The third kappa shape index (κ3) is 15.2. The van der Waals surface area contributed by atoms with Crippen molar-refractivity contribution in [1.29, 1.82) is 0 Å². The first-order chi connectivity index (χ1) is 30.1. The van der Waals surface area contributed by atoms with Gasteiger partial charge in [0.2, 0.25) is 10.6 Å². The van der Waals surface area contributed by atoms with Gasteiger partial charge in [-0.1, -0.05) is 31.5 Å². The van der Waals surface area contributed by atoms with Crippen molar-refractivity contribution in [2.75, 3.05) is 52.3 Å². The number of esters is 1. The number of fused-ring (bicyclic) bond motifs is 2. The van der Waals surface area contributed by atoms with E-state index >= 15 is 0 Å². The summed E-state index contributed by atoms with van der Waals surface area (Å²) in [6, 6.07) is 15.2. The number of urea groups is 1. The van der Waals surface area contributed by atoms with Gasteiger partial charge < -0.3 is 39.2 Å². The van der Waals surface area contributed by atoms with Crippen LogP contribution in [-0.4, -0.2) is 100 Å². The fourth-order valence-electron chi connectivity index (χ4n) is 6.26. The van der Waals surface area contributed by atoms with Gasteiger partial charge in [0.25, 0.3) is 0 Å². The molecule has 5 N–H and O–H groups in total. The number of thioether (sulfide) groups is 1. The molecule has 0 saturated heterocycles. The number of benzene rings is 3. The van der Waals surface area contributed by atoms with E-state index in [1.165, 1.54) is 27.3 Å². The van der Waals surface area contributed by atoms with Gasteiger partial charge in [-0.15, -0.1) is 11.8 Å². The maximum Gasteiger partial charge on any atom is 0.345 e. The lowest BCUT2D eigenvalue weighted by molar-refractivity contribution is -0.172. The van der Waals surface area contributed by atoms with E-state index in [4.69, 9.17) is 45.5 Å². The summed E-state index contributed by atoms with van der Waals surface area (Å²) in [5.74, 6) is -0.677. The van der Waals surface area contributed by atoms with Gasteiger partial charge in [-0.2, -0.15) is 0 Å². The molecule has 19 nitrogen and oxygen atoms in total.